The SMILES string of the molecule is CNC1(C#N)CCC(Oc2ccc(F)cc2[N+](=O)[O-])C1. The van der Waals surface area contributed by atoms with Gasteiger partial charge in [0, 0.05) is 6.42 Å². The molecule has 6 nitrogen and oxygen atoms in total. The summed E-state index contributed by atoms with van der Waals surface area (Å²) in [5, 5.41) is 23.0. The number of hydrogen-bond donors (Lipinski definition) is 1. The van der Waals surface area contributed by atoms with Gasteiger partial charge in [-0.05, 0) is 32.0 Å². The van der Waals surface area contributed by atoms with E-state index in [-0.39, 0.29) is 11.9 Å². The van der Waals surface area contributed by atoms with Crippen LogP contribution in [0.15, 0.2) is 18.2 Å². The molecule has 0 aromatic heterocycles. The van der Waals surface area contributed by atoms with Gasteiger partial charge in [0.2, 0.25) is 0 Å². The first-order valence-electron chi connectivity index (χ1n) is 6.20. The standard InChI is InChI=1S/C13H14FN3O3/c1-16-13(8-15)5-4-10(7-13)20-12-3-2-9(14)6-11(12)17(18)19/h2-3,6,10,16H,4-5,7H2,1H3. The van der Waals surface area contributed by atoms with E-state index >= 15 is 0 Å². The van der Waals surface area contributed by atoms with Crippen LogP contribution in [0.2, 0.25) is 0 Å². The first-order valence-corrected chi connectivity index (χ1v) is 6.20. The van der Waals surface area contributed by atoms with Gasteiger partial charge in [-0.1, -0.05) is 0 Å². The van der Waals surface area contributed by atoms with Crippen molar-refractivity contribution in [1.82, 2.24) is 5.32 Å². The molecule has 1 aromatic carbocycles. The third-order valence-electron chi connectivity index (χ3n) is 3.57. The fraction of sp³-hybridized carbons (Fsp3) is 0.462. The van der Waals surface area contributed by atoms with Crippen molar-refractivity contribution in [2.45, 2.75) is 30.9 Å². The number of nitro benzene ring substituents is 1. The van der Waals surface area contributed by atoms with E-state index in [0.717, 1.165) is 12.1 Å². The van der Waals surface area contributed by atoms with E-state index in [1.54, 1.807) is 7.05 Å². The van der Waals surface area contributed by atoms with Crippen LogP contribution in [-0.2, 0) is 0 Å². The van der Waals surface area contributed by atoms with Crippen LogP contribution in [-0.4, -0.2) is 23.6 Å². The second-order valence-electron chi connectivity index (χ2n) is 4.80. The van der Waals surface area contributed by atoms with E-state index in [0.29, 0.717) is 19.3 Å². The molecule has 0 bridgehead atoms. The van der Waals surface area contributed by atoms with Gasteiger partial charge in [-0.15, -0.1) is 0 Å². The number of halogens is 1. The molecule has 20 heavy (non-hydrogen) atoms. The van der Waals surface area contributed by atoms with Crippen molar-refractivity contribution in [2.75, 3.05) is 7.05 Å². The molecule has 1 aliphatic carbocycles. The molecule has 2 rings (SSSR count). The monoisotopic (exact) mass is 279 g/mol. The van der Waals surface area contributed by atoms with Crippen LogP contribution >= 0.6 is 0 Å². The van der Waals surface area contributed by atoms with Crippen molar-refractivity contribution in [3.63, 3.8) is 0 Å². The molecule has 1 aromatic rings. The molecule has 1 saturated carbocycles. The van der Waals surface area contributed by atoms with Crippen molar-refractivity contribution < 1.29 is 14.1 Å². The van der Waals surface area contributed by atoms with E-state index < -0.39 is 22.0 Å². The second kappa shape index (κ2) is 5.43. The highest BCUT2D eigenvalue weighted by atomic mass is 19.1. The van der Waals surface area contributed by atoms with Crippen molar-refractivity contribution in [3.05, 3.63) is 34.1 Å². The van der Waals surface area contributed by atoms with Gasteiger partial charge in [0.1, 0.15) is 17.5 Å². The summed E-state index contributed by atoms with van der Waals surface area (Å²) >= 11 is 0. The van der Waals surface area contributed by atoms with Gasteiger partial charge < -0.3 is 10.1 Å². The fourth-order valence-electron chi connectivity index (χ4n) is 2.40. The highest BCUT2D eigenvalue weighted by molar-refractivity contribution is 5.46. The van der Waals surface area contributed by atoms with Crippen molar-refractivity contribution in [2.24, 2.45) is 0 Å². The Kier molecular flexibility index (Phi) is 3.86. The van der Waals surface area contributed by atoms with Gasteiger partial charge in [0.25, 0.3) is 0 Å². The summed E-state index contributed by atoms with van der Waals surface area (Å²) in [6, 6.07) is 5.40. The molecular formula is C13H14FN3O3. The van der Waals surface area contributed by atoms with Crippen LogP contribution in [0.25, 0.3) is 0 Å². The zero-order valence-corrected chi connectivity index (χ0v) is 10.9. The normalized spacial score (nSPS) is 25.1. The number of hydrogen-bond acceptors (Lipinski definition) is 5. The Morgan fingerprint density at radius 3 is 2.95 bits per heavy atom. The van der Waals surface area contributed by atoms with Crippen LogP contribution in [0.5, 0.6) is 5.75 Å². The van der Waals surface area contributed by atoms with Crippen molar-refractivity contribution in [3.8, 4) is 11.8 Å². The fourth-order valence-corrected chi connectivity index (χ4v) is 2.40. The number of ether oxygens (including phenoxy) is 1. The molecule has 2 atom stereocenters. The maximum atomic E-state index is 13.0. The Balaban J connectivity index is 2.16. The van der Waals surface area contributed by atoms with Crippen LogP contribution in [0.1, 0.15) is 19.3 Å². The molecule has 1 aliphatic rings. The summed E-state index contributed by atoms with van der Waals surface area (Å²) in [5.41, 5.74) is -1.05. The van der Waals surface area contributed by atoms with E-state index in [9.17, 15) is 14.5 Å². The van der Waals surface area contributed by atoms with E-state index in [4.69, 9.17) is 10.00 Å². The first kappa shape index (κ1) is 14.2. The van der Waals surface area contributed by atoms with E-state index in [1.165, 1.54) is 6.07 Å². The van der Waals surface area contributed by atoms with Gasteiger partial charge in [-0.3, -0.25) is 10.1 Å². The summed E-state index contributed by atoms with van der Waals surface area (Å²) in [6.07, 6.45) is 1.36. The highest BCUT2D eigenvalue weighted by Crippen LogP contribution is 2.35. The average Bonchev–Trinajstić information content (AvgIpc) is 2.84. The van der Waals surface area contributed by atoms with Gasteiger partial charge in [0.05, 0.1) is 17.1 Å². The Morgan fingerprint density at radius 2 is 2.40 bits per heavy atom. The van der Waals surface area contributed by atoms with Gasteiger partial charge >= 0.3 is 5.69 Å². The Labute approximate surface area is 115 Å². The van der Waals surface area contributed by atoms with Crippen molar-refractivity contribution >= 4 is 5.69 Å². The lowest BCUT2D eigenvalue weighted by molar-refractivity contribution is -0.386. The largest absolute Gasteiger partial charge is 0.483 e. The maximum Gasteiger partial charge on any atom is 0.313 e. The summed E-state index contributed by atoms with van der Waals surface area (Å²) < 4.78 is 18.6. The Morgan fingerprint density at radius 1 is 1.65 bits per heavy atom. The van der Waals surface area contributed by atoms with E-state index in [2.05, 4.69) is 11.4 Å². The average molecular weight is 279 g/mol. The number of rotatable bonds is 4. The lowest BCUT2D eigenvalue weighted by Gasteiger charge is -2.20. The minimum Gasteiger partial charge on any atom is -0.483 e. The number of nitriles is 1. The zero-order chi connectivity index (χ0) is 14.8. The quantitative estimate of drug-likeness (QED) is 0.674. The minimum absolute atomic E-state index is 0.0336. The Bertz CT molecular complexity index is 572. The van der Waals surface area contributed by atoms with Gasteiger partial charge in [-0.2, -0.15) is 5.26 Å². The molecule has 106 valence electrons. The molecule has 0 heterocycles. The summed E-state index contributed by atoms with van der Waals surface area (Å²) in [6.45, 7) is 0. The molecule has 2 unspecified atom stereocenters. The number of nitro groups is 1. The minimum atomic E-state index is -0.683. The van der Waals surface area contributed by atoms with Crippen LogP contribution in [0, 0.1) is 27.3 Å². The molecule has 0 saturated heterocycles. The topological polar surface area (TPSA) is 88.2 Å². The van der Waals surface area contributed by atoms with Crippen molar-refractivity contribution in [1.29, 1.82) is 5.26 Å². The zero-order valence-electron chi connectivity index (χ0n) is 10.9. The third kappa shape index (κ3) is 2.70. The summed E-state index contributed by atoms with van der Waals surface area (Å²) in [7, 11) is 1.70. The maximum absolute atomic E-state index is 13.0. The molecule has 0 aliphatic heterocycles. The number of nitrogens with one attached hydrogen (secondary N) is 1. The third-order valence-corrected chi connectivity index (χ3v) is 3.57. The summed E-state index contributed by atoms with van der Waals surface area (Å²) in [4.78, 5) is 10.2. The Hall–Kier alpha value is -2.20. The molecule has 1 N–H and O–H groups in total. The predicted octanol–water partition coefficient (Wildman–Crippen LogP) is 2.15. The first-order chi connectivity index (χ1) is 9.49. The smallest absolute Gasteiger partial charge is 0.313 e. The van der Waals surface area contributed by atoms with Crippen LogP contribution in [0.3, 0.4) is 0 Å². The van der Waals surface area contributed by atoms with Crippen LogP contribution in [0.4, 0.5) is 10.1 Å². The molecule has 0 amide bonds. The van der Waals surface area contributed by atoms with Gasteiger partial charge in [-0.25, -0.2) is 4.39 Å². The van der Waals surface area contributed by atoms with Crippen LogP contribution < -0.4 is 10.1 Å². The number of nitrogens with zero attached hydrogens (tertiary/aromatic N) is 2. The molecular weight excluding hydrogens is 265 g/mol. The summed E-state index contributed by atoms with van der Waals surface area (Å²) in [5.74, 6) is -0.650. The lowest BCUT2D eigenvalue weighted by atomic mass is 10.0. The molecule has 7 heteroatoms. The number of benzene rings is 1. The second-order valence-corrected chi connectivity index (χ2v) is 4.80. The molecule has 0 radical (unpaired) electrons. The lowest BCUT2D eigenvalue weighted by Crippen LogP contribution is -2.39. The van der Waals surface area contributed by atoms with E-state index in [1.807, 2.05) is 0 Å². The predicted molar refractivity (Wildman–Crippen MR) is 68.7 cm³/mol. The highest BCUT2D eigenvalue weighted by Gasteiger charge is 2.40. The van der Waals surface area contributed by atoms with Gasteiger partial charge in [0.15, 0.2) is 5.75 Å². The molecule has 1 fully saturated rings. The molecule has 0 spiro atoms.